The van der Waals surface area contributed by atoms with Crippen LogP contribution in [0.4, 0.5) is 5.69 Å². The smallest absolute Gasteiger partial charge is 0.335 e. The highest BCUT2D eigenvalue weighted by Gasteiger charge is 2.14. The molecule has 0 aliphatic heterocycles. The summed E-state index contributed by atoms with van der Waals surface area (Å²) in [6.07, 6.45) is 0. The Labute approximate surface area is 109 Å². The predicted molar refractivity (Wildman–Crippen MR) is 70.3 cm³/mol. The Morgan fingerprint density at radius 1 is 1.41 bits per heavy atom. The molecule has 2 N–H and O–H groups in total. The molecule has 1 aromatic carbocycles. The van der Waals surface area contributed by atoms with E-state index in [0.29, 0.717) is 5.75 Å². The van der Waals surface area contributed by atoms with Crippen LogP contribution in [0, 0.1) is 0 Å². The minimum absolute atomic E-state index is 0.0518. The quantitative estimate of drug-likeness (QED) is 0.495. The average Bonchev–Trinajstić information content (AvgIpc) is 2.28. The lowest BCUT2D eigenvalue weighted by Crippen LogP contribution is -2.19. The van der Waals surface area contributed by atoms with E-state index in [2.05, 4.69) is 30.6 Å². The molecule has 17 heavy (non-hydrogen) atoms. The van der Waals surface area contributed by atoms with Gasteiger partial charge in [-0.25, -0.2) is 4.79 Å². The van der Waals surface area contributed by atoms with E-state index in [9.17, 15) is 9.59 Å². The van der Waals surface area contributed by atoms with Gasteiger partial charge in [-0.1, -0.05) is 0 Å². The minimum atomic E-state index is -1.09. The largest absolute Gasteiger partial charge is 0.495 e. The summed E-state index contributed by atoms with van der Waals surface area (Å²) in [4.78, 5) is 22.2. The second-order valence-electron chi connectivity index (χ2n) is 3.08. The number of aromatic carboxylic acids is 1. The van der Waals surface area contributed by atoms with Gasteiger partial charge in [-0.3, -0.25) is 4.79 Å². The molecule has 92 valence electrons. The van der Waals surface area contributed by atoms with Crippen molar-refractivity contribution in [1.82, 2.24) is 0 Å². The molecule has 0 unspecified atom stereocenters. The normalized spacial score (nSPS) is 10.1. The number of carbonyl (C=O) groups is 2. The van der Waals surface area contributed by atoms with Crippen LogP contribution < -0.4 is 10.1 Å². The SMILES string of the molecule is COc1ccc(C(=O)O)cc1NC(=O)C(S)S. The number of thiol groups is 2. The molecular formula is C10H11NO4S2. The van der Waals surface area contributed by atoms with Crippen LogP contribution in [0.3, 0.4) is 0 Å². The molecule has 0 aliphatic rings. The molecule has 0 aromatic heterocycles. The Morgan fingerprint density at radius 2 is 2.06 bits per heavy atom. The Kier molecular flexibility index (Phi) is 4.71. The number of methoxy groups -OCH3 is 1. The lowest BCUT2D eigenvalue weighted by atomic mass is 10.2. The van der Waals surface area contributed by atoms with Gasteiger partial charge in [0.15, 0.2) is 0 Å². The van der Waals surface area contributed by atoms with Gasteiger partial charge in [-0.05, 0) is 18.2 Å². The van der Waals surface area contributed by atoms with Gasteiger partial charge < -0.3 is 15.2 Å². The summed E-state index contributed by atoms with van der Waals surface area (Å²) in [6.45, 7) is 0. The fourth-order valence-electron chi connectivity index (χ4n) is 1.14. The van der Waals surface area contributed by atoms with Crippen LogP contribution in [0.25, 0.3) is 0 Å². The van der Waals surface area contributed by atoms with Crippen molar-refractivity contribution < 1.29 is 19.4 Å². The molecule has 0 bridgehead atoms. The summed E-state index contributed by atoms with van der Waals surface area (Å²) in [7, 11) is 1.42. The van der Waals surface area contributed by atoms with Gasteiger partial charge in [0.25, 0.3) is 0 Å². The molecule has 0 atom stereocenters. The Bertz CT molecular complexity index is 448. The monoisotopic (exact) mass is 273 g/mol. The standard InChI is InChI=1S/C10H11NO4S2/c1-15-7-3-2-5(9(13)14)4-6(7)11-8(12)10(16)17/h2-4,10,16-17H,1H3,(H,11,12)(H,13,14). The molecule has 1 aromatic rings. The zero-order valence-corrected chi connectivity index (χ0v) is 10.7. The van der Waals surface area contributed by atoms with Crippen LogP contribution in [-0.4, -0.2) is 28.7 Å². The van der Waals surface area contributed by atoms with E-state index in [1.54, 1.807) is 0 Å². The zero-order chi connectivity index (χ0) is 13.0. The maximum atomic E-state index is 11.4. The van der Waals surface area contributed by atoms with E-state index in [1.165, 1.54) is 25.3 Å². The van der Waals surface area contributed by atoms with Gasteiger partial charge in [0.2, 0.25) is 5.91 Å². The molecular weight excluding hydrogens is 262 g/mol. The van der Waals surface area contributed by atoms with Crippen molar-refractivity contribution in [2.75, 3.05) is 12.4 Å². The number of amides is 1. The van der Waals surface area contributed by atoms with Crippen molar-refractivity contribution in [2.45, 2.75) is 4.58 Å². The molecule has 0 saturated carbocycles. The maximum Gasteiger partial charge on any atom is 0.335 e. The van der Waals surface area contributed by atoms with E-state index in [-0.39, 0.29) is 11.3 Å². The Balaban J connectivity index is 3.06. The summed E-state index contributed by atoms with van der Waals surface area (Å²) in [5.41, 5.74) is 0.321. The van der Waals surface area contributed by atoms with Crippen molar-refractivity contribution in [1.29, 1.82) is 0 Å². The zero-order valence-electron chi connectivity index (χ0n) is 8.88. The second kappa shape index (κ2) is 5.83. The lowest BCUT2D eigenvalue weighted by molar-refractivity contribution is -0.114. The van der Waals surface area contributed by atoms with Gasteiger partial charge in [0.05, 0.1) is 18.4 Å². The van der Waals surface area contributed by atoms with Crippen LogP contribution in [-0.2, 0) is 4.79 Å². The van der Waals surface area contributed by atoms with Gasteiger partial charge >= 0.3 is 5.97 Å². The average molecular weight is 273 g/mol. The third-order valence-electron chi connectivity index (χ3n) is 1.94. The molecule has 7 heteroatoms. The van der Waals surface area contributed by atoms with E-state index in [0.717, 1.165) is 0 Å². The first-order valence-electron chi connectivity index (χ1n) is 4.54. The molecule has 5 nitrogen and oxygen atoms in total. The summed E-state index contributed by atoms with van der Waals surface area (Å²) >= 11 is 7.70. The molecule has 0 aliphatic carbocycles. The third kappa shape index (κ3) is 3.57. The van der Waals surface area contributed by atoms with Gasteiger partial charge in [0, 0.05) is 0 Å². The van der Waals surface area contributed by atoms with Crippen LogP contribution in [0.15, 0.2) is 18.2 Å². The third-order valence-corrected chi connectivity index (χ3v) is 2.41. The van der Waals surface area contributed by atoms with Gasteiger partial charge in [-0.15, -0.1) is 0 Å². The number of nitrogens with one attached hydrogen (secondary N) is 1. The first-order chi connectivity index (χ1) is 7.95. The number of benzene rings is 1. The molecule has 0 heterocycles. The fourth-order valence-corrected chi connectivity index (χ4v) is 1.27. The van der Waals surface area contributed by atoms with Crippen LogP contribution in [0.2, 0.25) is 0 Å². The molecule has 0 radical (unpaired) electrons. The Hall–Kier alpha value is -1.34. The van der Waals surface area contributed by atoms with Gasteiger partial charge in [-0.2, -0.15) is 25.3 Å². The van der Waals surface area contributed by atoms with Crippen molar-refractivity contribution in [3.05, 3.63) is 23.8 Å². The fraction of sp³-hybridized carbons (Fsp3) is 0.200. The number of ether oxygens (including phenoxy) is 1. The van der Waals surface area contributed by atoms with Crippen molar-refractivity contribution in [3.8, 4) is 5.75 Å². The number of carbonyl (C=O) groups excluding carboxylic acids is 1. The number of hydrogen-bond donors (Lipinski definition) is 4. The minimum Gasteiger partial charge on any atom is -0.495 e. The number of carboxylic acid groups (broad SMARTS) is 1. The summed E-state index contributed by atoms with van der Waals surface area (Å²) in [5, 5.41) is 11.3. The highest BCUT2D eigenvalue weighted by Crippen LogP contribution is 2.26. The van der Waals surface area contributed by atoms with Crippen molar-refractivity contribution in [3.63, 3.8) is 0 Å². The van der Waals surface area contributed by atoms with E-state index < -0.39 is 16.5 Å². The molecule has 0 saturated heterocycles. The maximum absolute atomic E-state index is 11.4. The van der Waals surface area contributed by atoms with Crippen molar-refractivity contribution in [2.24, 2.45) is 0 Å². The van der Waals surface area contributed by atoms with E-state index in [1.807, 2.05) is 0 Å². The highest BCUT2D eigenvalue weighted by atomic mass is 32.2. The molecule has 0 fully saturated rings. The van der Waals surface area contributed by atoms with Crippen LogP contribution in [0.1, 0.15) is 10.4 Å². The summed E-state index contributed by atoms with van der Waals surface area (Å²) < 4.78 is 4.21. The summed E-state index contributed by atoms with van der Waals surface area (Å²) in [5.74, 6) is -1.18. The van der Waals surface area contributed by atoms with Crippen LogP contribution >= 0.6 is 25.3 Å². The van der Waals surface area contributed by atoms with Crippen molar-refractivity contribution >= 4 is 42.8 Å². The molecule has 1 amide bonds. The first-order valence-corrected chi connectivity index (χ1v) is 5.57. The van der Waals surface area contributed by atoms with Crippen LogP contribution in [0.5, 0.6) is 5.75 Å². The molecule has 0 spiro atoms. The topological polar surface area (TPSA) is 75.6 Å². The van der Waals surface area contributed by atoms with E-state index >= 15 is 0 Å². The predicted octanol–water partition coefficient (Wildman–Crippen LogP) is 1.52. The van der Waals surface area contributed by atoms with Gasteiger partial charge in [0.1, 0.15) is 10.3 Å². The van der Waals surface area contributed by atoms with E-state index in [4.69, 9.17) is 9.84 Å². The highest BCUT2D eigenvalue weighted by molar-refractivity contribution is 8.00. The number of carboxylic acids is 1. The Morgan fingerprint density at radius 3 is 2.53 bits per heavy atom. The summed E-state index contributed by atoms with van der Waals surface area (Å²) in [6, 6.07) is 4.16. The lowest BCUT2D eigenvalue weighted by Gasteiger charge is -2.11. The first kappa shape index (κ1) is 13.7. The number of hydrogen-bond acceptors (Lipinski definition) is 5. The number of rotatable bonds is 4. The molecule has 1 rings (SSSR count). The number of anilines is 1. The second-order valence-corrected chi connectivity index (χ2v) is 4.52.